The highest BCUT2D eigenvalue weighted by atomic mass is 32.1. The van der Waals surface area contributed by atoms with Crippen molar-refractivity contribution >= 4 is 23.0 Å². The quantitative estimate of drug-likeness (QED) is 0.635. The number of nitrogens with one attached hydrogen (secondary N) is 1. The summed E-state index contributed by atoms with van der Waals surface area (Å²) in [5.41, 5.74) is 10.8. The van der Waals surface area contributed by atoms with Gasteiger partial charge in [0.1, 0.15) is 0 Å². The first-order valence-corrected chi connectivity index (χ1v) is 9.59. The lowest BCUT2D eigenvalue weighted by atomic mass is 10.1. The van der Waals surface area contributed by atoms with Crippen LogP contribution < -0.4 is 11.1 Å². The summed E-state index contributed by atoms with van der Waals surface area (Å²) in [5, 5.41) is 3.26. The van der Waals surface area contributed by atoms with E-state index in [0.717, 1.165) is 55.1 Å². The van der Waals surface area contributed by atoms with Crippen LogP contribution in [-0.2, 0) is 6.54 Å². The summed E-state index contributed by atoms with van der Waals surface area (Å²) < 4.78 is 0. The van der Waals surface area contributed by atoms with E-state index in [1.54, 1.807) is 0 Å². The number of hydrogen-bond donors (Lipinski definition) is 2. The molecule has 1 fully saturated rings. The van der Waals surface area contributed by atoms with E-state index >= 15 is 0 Å². The van der Waals surface area contributed by atoms with Gasteiger partial charge in [-0.25, -0.2) is 0 Å². The Labute approximate surface area is 167 Å². The zero-order chi connectivity index (χ0) is 19.2. The van der Waals surface area contributed by atoms with Crippen molar-refractivity contribution in [1.82, 2.24) is 9.80 Å². The second-order valence-electron chi connectivity index (χ2n) is 7.05. The summed E-state index contributed by atoms with van der Waals surface area (Å²) >= 11 is 4.92. The lowest BCUT2D eigenvalue weighted by Gasteiger charge is -2.32. The Hall–Kier alpha value is -2.39. The third-order valence-corrected chi connectivity index (χ3v) is 4.90. The highest BCUT2D eigenvalue weighted by Gasteiger charge is 2.13. The van der Waals surface area contributed by atoms with Gasteiger partial charge in [0.25, 0.3) is 0 Å². The van der Waals surface area contributed by atoms with E-state index in [-0.39, 0.29) is 5.11 Å². The van der Waals surface area contributed by atoms with E-state index in [0.29, 0.717) is 0 Å². The number of nitrogens with two attached hydrogens (primary N) is 1. The predicted molar refractivity (Wildman–Crippen MR) is 117 cm³/mol. The number of piperazine rings is 1. The van der Waals surface area contributed by atoms with Gasteiger partial charge in [-0.1, -0.05) is 30.0 Å². The van der Waals surface area contributed by atoms with Gasteiger partial charge in [-0.05, 0) is 61.6 Å². The van der Waals surface area contributed by atoms with Crippen molar-refractivity contribution in [3.63, 3.8) is 0 Å². The summed E-state index contributed by atoms with van der Waals surface area (Å²) in [6, 6.07) is 14.6. The van der Waals surface area contributed by atoms with Crippen LogP contribution in [0, 0.1) is 18.8 Å². The fourth-order valence-electron chi connectivity index (χ4n) is 3.07. The Morgan fingerprint density at radius 2 is 1.67 bits per heavy atom. The first-order valence-electron chi connectivity index (χ1n) is 9.18. The van der Waals surface area contributed by atoms with E-state index in [1.807, 2.05) is 25.1 Å². The van der Waals surface area contributed by atoms with Gasteiger partial charge < -0.3 is 16.0 Å². The van der Waals surface area contributed by atoms with Crippen LogP contribution in [0.2, 0.25) is 0 Å². The van der Waals surface area contributed by atoms with Crippen molar-refractivity contribution in [3.05, 3.63) is 64.7 Å². The standard InChI is InChI=1S/C22H26N4S/c1-17-3-4-19(15-21(17)24-22(23)27)8-5-18-6-9-20(10-7-18)16-26-13-11-25(2)12-14-26/h3-4,6-7,9-10,15H,11-14,16H2,1-2H3,(H3,23,24,27). The van der Waals surface area contributed by atoms with Crippen LogP contribution in [0.15, 0.2) is 42.5 Å². The highest BCUT2D eigenvalue weighted by Crippen LogP contribution is 2.16. The van der Waals surface area contributed by atoms with Crippen molar-refractivity contribution < 1.29 is 0 Å². The molecule has 27 heavy (non-hydrogen) atoms. The van der Waals surface area contributed by atoms with Gasteiger partial charge in [0.15, 0.2) is 5.11 Å². The maximum atomic E-state index is 5.57. The van der Waals surface area contributed by atoms with Crippen LogP contribution in [0.5, 0.6) is 0 Å². The summed E-state index contributed by atoms with van der Waals surface area (Å²) in [7, 11) is 2.18. The molecule has 0 atom stereocenters. The number of nitrogens with zero attached hydrogens (tertiary/aromatic N) is 2. The molecule has 4 nitrogen and oxygen atoms in total. The summed E-state index contributed by atoms with van der Waals surface area (Å²) in [6.45, 7) is 7.57. The topological polar surface area (TPSA) is 44.5 Å². The first kappa shape index (κ1) is 19.4. The number of likely N-dealkylation sites (N-methyl/N-ethyl adjacent to an activating group) is 1. The molecular formula is C22H26N4S. The van der Waals surface area contributed by atoms with Crippen LogP contribution in [0.25, 0.3) is 0 Å². The molecule has 0 aliphatic carbocycles. The molecule has 0 spiro atoms. The van der Waals surface area contributed by atoms with Crippen molar-refractivity contribution in [2.45, 2.75) is 13.5 Å². The molecule has 2 aromatic carbocycles. The maximum absolute atomic E-state index is 5.57. The van der Waals surface area contributed by atoms with Crippen LogP contribution in [0.4, 0.5) is 5.69 Å². The second kappa shape index (κ2) is 9.01. The van der Waals surface area contributed by atoms with Gasteiger partial charge in [-0.2, -0.15) is 0 Å². The Morgan fingerprint density at radius 1 is 1.04 bits per heavy atom. The normalized spacial score (nSPS) is 15.0. The molecule has 1 aliphatic rings. The van der Waals surface area contributed by atoms with Gasteiger partial charge in [0, 0.05) is 49.5 Å². The van der Waals surface area contributed by atoms with E-state index in [1.165, 1.54) is 5.56 Å². The maximum Gasteiger partial charge on any atom is 0.168 e. The number of anilines is 1. The molecule has 5 heteroatoms. The second-order valence-corrected chi connectivity index (χ2v) is 7.49. The largest absolute Gasteiger partial charge is 0.376 e. The SMILES string of the molecule is Cc1ccc(C#Cc2ccc(CN3CCN(C)CC3)cc2)cc1NC(N)=S. The molecule has 0 aromatic heterocycles. The molecule has 0 amide bonds. The predicted octanol–water partition coefficient (Wildman–Crippen LogP) is 2.80. The zero-order valence-electron chi connectivity index (χ0n) is 16.0. The summed E-state index contributed by atoms with van der Waals surface area (Å²) in [5.74, 6) is 6.45. The average Bonchev–Trinajstić information content (AvgIpc) is 2.65. The van der Waals surface area contributed by atoms with E-state index < -0.39 is 0 Å². The molecule has 140 valence electrons. The molecule has 3 N–H and O–H groups in total. The Morgan fingerprint density at radius 3 is 2.33 bits per heavy atom. The molecule has 1 saturated heterocycles. The van der Waals surface area contributed by atoms with Gasteiger partial charge in [0.05, 0.1) is 0 Å². The smallest absolute Gasteiger partial charge is 0.168 e. The molecule has 0 radical (unpaired) electrons. The summed E-state index contributed by atoms with van der Waals surface area (Å²) in [4.78, 5) is 4.88. The summed E-state index contributed by atoms with van der Waals surface area (Å²) in [6.07, 6.45) is 0. The molecule has 0 bridgehead atoms. The third-order valence-electron chi connectivity index (χ3n) is 4.80. The molecule has 3 rings (SSSR count). The fraction of sp³-hybridized carbons (Fsp3) is 0.318. The molecule has 0 saturated carbocycles. The molecular weight excluding hydrogens is 352 g/mol. The van der Waals surface area contributed by atoms with Gasteiger partial charge >= 0.3 is 0 Å². The van der Waals surface area contributed by atoms with Crippen LogP contribution >= 0.6 is 12.2 Å². The number of benzene rings is 2. The Kier molecular flexibility index (Phi) is 6.46. The highest BCUT2D eigenvalue weighted by molar-refractivity contribution is 7.80. The molecule has 1 aliphatic heterocycles. The van der Waals surface area contributed by atoms with E-state index in [2.05, 4.69) is 58.3 Å². The van der Waals surface area contributed by atoms with Crippen LogP contribution in [0.1, 0.15) is 22.3 Å². The average molecular weight is 379 g/mol. The minimum atomic E-state index is 0.263. The first-order chi connectivity index (χ1) is 13.0. The van der Waals surface area contributed by atoms with E-state index in [4.69, 9.17) is 18.0 Å². The van der Waals surface area contributed by atoms with Gasteiger partial charge in [-0.3, -0.25) is 4.90 Å². The van der Waals surface area contributed by atoms with Gasteiger partial charge in [0.2, 0.25) is 0 Å². The Balaban J connectivity index is 1.64. The van der Waals surface area contributed by atoms with Crippen molar-refractivity contribution in [1.29, 1.82) is 0 Å². The number of rotatable bonds is 3. The minimum absolute atomic E-state index is 0.263. The molecule has 1 heterocycles. The number of hydrogen-bond acceptors (Lipinski definition) is 3. The molecule has 0 unspecified atom stereocenters. The van der Waals surface area contributed by atoms with E-state index in [9.17, 15) is 0 Å². The number of aryl methyl sites for hydroxylation is 1. The minimum Gasteiger partial charge on any atom is -0.376 e. The molecule has 2 aromatic rings. The van der Waals surface area contributed by atoms with Crippen molar-refractivity contribution in [2.24, 2.45) is 5.73 Å². The van der Waals surface area contributed by atoms with Crippen LogP contribution in [0.3, 0.4) is 0 Å². The fourth-order valence-corrected chi connectivity index (χ4v) is 3.18. The van der Waals surface area contributed by atoms with Crippen molar-refractivity contribution in [3.8, 4) is 11.8 Å². The monoisotopic (exact) mass is 378 g/mol. The van der Waals surface area contributed by atoms with Crippen LogP contribution in [-0.4, -0.2) is 48.1 Å². The lowest BCUT2D eigenvalue weighted by Crippen LogP contribution is -2.43. The zero-order valence-corrected chi connectivity index (χ0v) is 16.8. The number of thiocarbonyl (C=S) groups is 1. The Bertz CT molecular complexity index is 856. The van der Waals surface area contributed by atoms with Crippen molar-refractivity contribution in [2.75, 3.05) is 38.5 Å². The lowest BCUT2D eigenvalue weighted by molar-refractivity contribution is 0.148. The van der Waals surface area contributed by atoms with Gasteiger partial charge in [-0.15, -0.1) is 0 Å². The third kappa shape index (κ3) is 5.80.